The third kappa shape index (κ3) is 2.46. The van der Waals surface area contributed by atoms with Crippen molar-refractivity contribution in [3.63, 3.8) is 0 Å². The first-order chi connectivity index (χ1) is 7.81. The second-order valence-electron chi connectivity index (χ2n) is 3.64. The van der Waals surface area contributed by atoms with Crippen molar-refractivity contribution in [2.75, 3.05) is 6.54 Å². The summed E-state index contributed by atoms with van der Waals surface area (Å²) < 4.78 is 5.71. The van der Waals surface area contributed by atoms with Crippen LogP contribution >= 0.6 is 11.6 Å². The van der Waals surface area contributed by atoms with Gasteiger partial charge in [-0.05, 0) is 37.2 Å². The van der Waals surface area contributed by atoms with Crippen molar-refractivity contribution in [2.24, 2.45) is 5.73 Å². The van der Waals surface area contributed by atoms with Gasteiger partial charge >= 0.3 is 0 Å². The number of rotatable bonds is 4. The molecule has 0 aliphatic rings. The van der Waals surface area contributed by atoms with Gasteiger partial charge in [0.25, 0.3) is 0 Å². The fourth-order valence-corrected chi connectivity index (χ4v) is 1.82. The lowest BCUT2D eigenvalue weighted by Gasteiger charge is -1.99. The Morgan fingerprint density at radius 1 is 1.12 bits per heavy atom. The monoisotopic (exact) mass is 235 g/mol. The number of hydrogen-bond acceptors (Lipinski definition) is 2. The van der Waals surface area contributed by atoms with Crippen LogP contribution in [-0.2, 0) is 6.42 Å². The average Bonchev–Trinajstić information content (AvgIpc) is 2.75. The Balaban J connectivity index is 2.22. The molecular weight excluding hydrogens is 222 g/mol. The van der Waals surface area contributed by atoms with Crippen molar-refractivity contribution >= 4 is 11.6 Å². The van der Waals surface area contributed by atoms with Gasteiger partial charge in [-0.1, -0.05) is 23.7 Å². The van der Waals surface area contributed by atoms with E-state index in [1.54, 1.807) is 0 Å². The molecule has 0 amide bonds. The number of aryl methyl sites for hydroxylation is 1. The van der Waals surface area contributed by atoms with Crippen molar-refractivity contribution in [3.05, 3.63) is 47.2 Å². The quantitative estimate of drug-likeness (QED) is 0.881. The predicted octanol–water partition coefficient (Wildman–Crippen LogP) is 3.49. The maximum absolute atomic E-state index is 6.09. The maximum atomic E-state index is 6.09. The Morgan fingerprint density at radius 2 is 1.94 bits per heavy atom. The van der Waals surface area contributed by atoms with Gasteiger partial charge in [-0.2, -0.15) is 0 Å². The molecule has 84 valence electrons. The highest BCUT2D eigenvalue weighted by atomic mass is 35.5. The SMILES string of the molecule is NCCCc1ccc(-c2ccccc2Cl)o1. The number of furan rings is 1. The molecule has 0 saturated heterocycles. The van der Waals surface area contributed by atoms with Crippen LogP contribution in [0.3, 0.4) is 0 Å². The lowest BCUT2D eigenvalue weighted by molar-refractivity contribution is 0.515. The zero-order chi connectivity index (χ0) is 11.4. The molecule has 2 nitrogen and oxygen atoms in total. The Kier molecular flexibility index (Phi) is 3.65. The van der Waals surface area contributed by atoms with Crippen molar-refractivity contribution in [2.45, 2.75) is 12.8 Å². The van der Waals surface area contributed by atoms with E-state index in [1.807, 2.05) is 36.4 Å². The van der Waals surface area contributed by atoms with E-state index in [2.05, 4.69) is 0 Å². The minimum atomic E-state index is 0.683. The van der Waals surface area contributed by atoms with Crippen molar-refractivity contribution in [3.8, 4) is 11.3 Å². The molecule has 2 aromatic rings. The zero-order valence-corrected chi connectivity index (χ0v) is 9.70. The fraction of sp³-hybridized carbons (Fsp3) is 0.231. The first-order valence-corrected chi connectivity index (χ1v) is 5.73. The van der Waals surface area contributed by atoms with E-state index in [0.29, 0.717) is 11.6 Å². The normalized spacial score (nSPS) is 10.6. The van der Waals surface area contributed by atoms with Gasteiger partial charge in [0.05, 0.1) is 5.02 Å². The van der Waals surface area contributed by atoms with Crippen LogP contribution in [-0.4, -0.2) is 6.54 Å². The van der Waals surface area contributed by atoms with Gasteiger partial charge in [0.1, 0.15) is 11.5 Å². The van der Waals surface area contributed by atoms with Crippen molar-refractivity contribution in [1.29, 1.82) is 0 Å². The van der Waals surface area contributed by atoms with Gasteiger partial charge in [-0.3, -0.25) is 0 Å². The number of hydrogen-bond donors (Lipinski definition) is 1. The first-order valence-electron chi connectivity index (χ1n) is 5.35. The Labute approximate surface area is 100 Å². The summed E-state index contributed by atoms with van der Waals surface area (Å²) in [5, 5.41) is 0.710. The summed E-state index contributed by atoms with van der Waals surface area (Å²) in [6.07, 6.45) is 1.82. The van der Waals surface area contributed by atoms with Crippen molar-refractivity contribution < 1.29 is 4.42 Å². The summed E-state index contributed by atoms with van der Waals surface area (Å²) in [7, 11) is 0. The molecule has 0 radical (unpaired) electrons. The molecule has 0 spiro atoms. The van der Waals surface area contributed by atoms with Crippen LogP contribution in [0.15, 0.2) is 40.8 Å². The number of benzene rings is 1. The standard InChI is InChI=1S/C13H14ClNO/c14-12-6-2-1-5-11(12)13-8-7-10(16-13)4-3-9-15/h1-2,5-8H,3-4,9,15H2. The van der Waals surface area contributed by atoms with Gasteiger partial charge < -0.3 is 10.2 Å². The second-order valence-corrected chi connectivity index (χ2v) is 4.05. The first kappa shape index (κ1) is 11.2. The summed E-state index contributed by atoms with van der Waals surface area (Å²) in [5.74, 6) is 1.78. The Bertz CT molecular complexity index is 464. The minimum Gasteiger partial charge on any atom is -0.461 e. The summed E-state index contributed by atoms with van der Waals surface area (Å²) in [6.45, 7) is 0.683. The lowest BCUT2D eigenvalue weighted by atomic mass is 10.2. The molecule has 2 N–H and O–H groups in total. The van der Waals surface area contributed by atoms with E-state index < -0.39 is 0 Å². The van der Waals surface area contributed by atoms with Crippen LogP contribution in [0.1, 0.15) is 12.2 Å². The molecular formula is C13H14ClNO. The van der Waals surface area contributed by atoms with Crippen LogP contribution in [0, 0.1) is 0 Å². The van der Waals surface area contributed by atoms with E-state index in [1.165, 1.54) is 0 Å². The van der Waals surface area contributed by atoms with E-state index in [9.17, 15) is 0 Å². The third-order valence-electron chi connectivity index (χ3n) is 2.43. The fourth-order valence-electron chi connectivity index (χ4n) is 1.59. The molecule has 1 aromatic carbocycles. The minimum absolute atomic E-state index is 0.683. The molecule has 0 bridgehead atoms. The largest absolute Gasteiger partial charge is 0.461 e. The van der Waals surface area contributed by atoms with Gasteiger partial charge in [-0.25, -0.2) is 0 Å². The van der Waals surface area contributed by atoms with Crippen LogP contribution in [0.25, 0.3) is 11.3 Å². The van der Waals surface area contributed by atoms with Crippen molar-refractivity contribution in [1.82, 2.24) is 0 Å². The van der Waals surface area contributed by atoms with Crippen LogP contribution in [0.4, 0.5) is 0 Å². The molecule has 0 aliphatic heterocycles. The van der Waals surface area contributed by atoms with Gasteiger partial charge in [-0.15, -0.1) is 0 Å². The number of halogens is 1. The van der Waals surface area contributed by atoms with Crippen LogP contribution in [0.2, 0.25) is 5.02 Å². The van der Waals surface area contributed by atoms with E-state index in [-0.39, 0.29) is 0 Å². The lowest BCUT2D eigenvalue weighted by Crippen LogP contribution is -1.99. The smallest absolute Gasteiger partial charge is 0.135 e. The molecule has 1 heterocycles. The zero-order valence-electron chi connectivity index (χ0n) is 8.95. The summed E-state index contributed by atoms with van der Waals surface area (Å²) in [5.41, 5.74) is 6.39. The summed E-state index contributed by atoms with van der Waals surface area (Å²) in [6, 6.07) is 11.6. The Morgan fingerprint density at radius 3 is 2.69 bits per heavy atom. The van der Waals surface area contributed by atoms with Gasteiger partial charge in [0.2, 0.25) is 0 Å². The summed E-state index contributed by atoms with van der Waals surface area (Å²) >= 11 is 6.09. The highest BCUT2D eigenvalue weighted by molar-refractivity contribution is 6.33. The van der Waals surface area contributed by atoms with Crippen LogP contribution in [0.5, 0.6) is 0 Å². The number of nitrogens with two attached hydrogens (primary N) is 1. The summed E-state index contributed by atoms with van der Waals surface area (Å²) in [4.78, 5) is 0. The molecule has 0 atom stereocenters. The van der Waals surface area contributed by atoms with Crippen LogP contribution < -0.4 is 5.73 Å². The second kappa shape index (κ2) is 5.19. The third-order valence-corrected chi connectivity index (χ3v) is 2.76. The highest BCUT2D eigenvalue weighted by Crippen LogP contribution is 2.29. The maximum Gasteiger partial charge on any atom is 0.135 e. The van der Waals surface area contributed by atoms with E-state index in [0.717, 1.165) is 29.9 Å². The molecule has 0 fully saturated rings. The molecule has 0 unspecified atom stereocenters. The predicted molar refractivity (Wildman–Crippen MR) is 66.5 cm³/mol. The molecule has 2 rings (SSSR count). The molecule has 16 heavy (non-hydrogen) atoms. The Hall–Kier alpha value is -1.25. The molecule has 0 aliphatic carbocycles. The average molecular weight is 236 g/mol. The molecule has 1 aromatic heterocycles. The van der Waals surface area contributed by atoms with Gasteiger partial charge in [0.15, 0.2) is 0 Å². The molecule has 0 saturated carbocycles. The topological polar surface area (TPSA) is 39.2 Å². The highest BCUT2D eigenvalue weighted by Gasteiger charge is 2.07. The van der Waals surface area contributed by atoms with Gasteiger partial charge in [0, 0.05) is 12.0 Å². The molecule has 3 heteroatoms. The van der Waals surface area contributed by atoms with E-state index in [4.69, 9.17) is 21.8 Å². The van der Waals surface area contributed by atoms with E-state index >= 15 is 0 Å².